The number of rotatable bonds is 5. The van der Waals surface area contributed by atoms with Crippen LogP contribution in [0.2, 0.25) is 0 Å². The van der Waals surface area contributed by atoms with Crippen LogP contribution in [0.25, 0.3) is 16.9 Å². The van der Waals surface area contributed by atoms with Gasteiger partial charge in [-0.2, -0.15) is 5.10 Å². The highest BCUT2D eigenvalue weighted by atomic mass is 32.2. The molecule has 5 rings (SSSR count). The van der Waals surface area contributed by atoms with E-state index in [1.807, 2.05) is 0 Å². The van der Waals surface area contributed by atoms with E-state index in [9.17, 15) is 22.9 Å². The molecule has 1 saturated carbocycles. The number of halogens is 1. The Hall–Kier alpha value is -3.41. The van der Waals surface area contributed by atoms with Gasteiger partial charge in [-0.1, -0.05) is 0 Å². The quantitative estimate of drug-likeness (QED) is 0.315. The number of nitrogens with zero attached hydrogens (tertiary/aromatic N) is 6. The van der Waals surface area contributed by atoms with Crippen LogP contribution in [0.5, 0.6) is 0 Å². The summed E-state index contributed by atoms with van der Waals surface area (Å²) in [7, 11) is -3.72. The van der Waals surface area contributed by atoms with Gasteiger partial charge in [0, 0.05) is 43.2 Å². The minimum absolute atomic E-state index is 0.0209. The van der Waals surface area contributed by atoms with E-state index in [1.54, 1.807) is 6.07 Å². The Kier molecular flexibility index (Phi) is 4.92. The van der Waals surface area contributed by atoms with Gasteiger partial charge in [0.15, 0.2) is 5.82 Å². The van der Waals surface area contributed by atoms with Gasteiger partial charge in [0.25, 0.3) is 5.69 Å². The Bertz CT molecular complexity index is 1360. The van der Waals surface area contributed by atoms with Crippen LogP contribution in [-0.2, 0) is 9.84 Å². The highest BCUT2D eigenvalue weighted by Gasteiger charge is 2.44. The fourth-order valence-corrected chi connectivity index (χ4v) is 4.78. The molecule has 1 saturated heterocycles. The smallest absolute Gasteiger partial charge is 0.271 e. The van der Waals surface area contributed by atoms with Crippen molar-refractivity contribution in [3.8, 4) is 16.9 Å². The number of nitro benzene ring substituents is 1. The molecule has 33 heavy (non-hydrogen) atoms. The molecular weight excluding hydrogens is 451 g/mol. The van der Waals surface area contributed by atoms with E-state index in [2.05, 4.69) is 20.0 Å². The van der Waals surface area contributed by atoms with Gasteiger partial charge in [0.2, 0.25) is 15.0 Å². The first-order chi connectivity index (χ1) is 15.7. The highest BCUT2D eigenvalue weighted by Crippen LogP contribution is 2.54. The van der Waals surface area contributed by atoms with Crippen molar-refractivity contribution in [2.75, 3.05) is 24.2 Å². The van der Waals surface area contributed by atoms with Gasteiger partial charge in [-0.3, -0.25) is 10.1 Å². The third kappa shape index (κ3) is 4.06. The zero-order valence-electron chi connectivity index (χ0n) is 17.8. The number of nitro groups is 1. The summed E-state index contributed by atoms with van der Waals surface area (Å²) in [5.74, 6) is -0.781. The van der Waals surface area contributed by atoms with Crippen molar-refractivity contribution < 1.29 is 17.7 Å². The van der Waals surface area contributed by atoms with Crippen LogP contribution in [0.4, 0.5) is 15.8 Å². The van der Waals surface area contributed by atoms with Gasteiger partial charge < -0.3 is 4.90 Å². The maximum atomic E-state index is 14.4. The Morgan fingerprint density at radius 1 is 1.12 bits per heavy atom. The number of anilines is 1. The molecule has 2 aromatic heterocycles. The molecule has 0 amide bonds. The van der Waals surface area contributed by atoms with E-state index in [1.165, 1.54) is 42.0 Å². The molecule has 2 fully saturated rings. The highest BCUT2D eigenvalue weighted by molar-refractivity contribution is 7.90. The first-order valence-electron chi connectivity index (χ1n) is 10.5. The Morgan fingerprint density at radius 2 is 1.85 bits per heavy atom. The molecule has 2 aliphatic rings. The van der Waals surface area contributed by atoms with Crippen molar-refractivity contribution in [2.24, 2.45) is 5.41 Å². The summed E-state index contributed by atoms with van der Waals surface area (Å²) in [6.45, 7) is 1.58. The van der Waals surface area contributed by atoms with Crippen LogP contribution in [0.3, 0.4) is 0 Å². The molecule has 3 heterocycles. The molecule has 0 radical (unpaired) electrons. The molecule has 3 aromatic rings. The van der Waals surface area contributed by atoms with Gasteiger partial charge in [-0.15, -0.1) is 0 Å². The predicted octanol–water partition coefficient (Wildman–Crippen LogP) is 3.16. The first-order valence-corrected chi connectivity index (χ1v) is 12.4. The summed E-state index contributed by atoms with van der Waals surface area (Å²) < 4.78 is 39.5. The van der Waals surface area contributed by atoms with E-state index in [0.717, 1.165) is 38.4 Å². The van der Waals surface area contributed by atoms with E-state index >= 15 is 0 Å². The number of non-ortho nitro benzene ring substituents is 1. The molecule has 1 aliphatic heterocycles. The van der Waals surface area contributed by atoms with E-state index in [-0.39, 0.29) is 16.9 Å². The second-order valence-electron chi connectivity index (χ2n) is 8.71. The second kappa shape index (κ2) is 7.58. The van der Waals surface area contributed by atoms with Crippen molar-refractivity contribution in [1.82, 2.24) is 19.7 Å². The molecule has 172 valence electrons. The summed E-state index contributed by atoms with van der Waals surface area (Å²) in [5, 5.41) is 15.2. The van der Waals surface area contributed by atoms with Gasteiger partial charge in [-0.05, 0) is 37.2 Å². The number of piperidine rings is 1. The standard InChI is InChI=1S/C21H21FN6O4S/c1-33(31,32)20-23-12-16(22)19(25-20)14-11-24-27(13-14)17-3-2-15(28(29)30)10-18(17)26-8-6-21(4-5-21)7-9-26/h2-3,10-13H,4-9H2,1H3. The van der Waals surface area contributed by atoms with Crippen molar-refractivity contribution in [3.05, 3.63) is 52.7 Å². The number of sulfone groups is 1. The summed E-state index contributed by atoms with van der Waals surface area (Å²) in [5.41, 5.74) is 1.78. The number of aromatic nitrogens is 4. The average molecular weight is 473 g/mol. The molecule has 0 N–H and O–H groups in total. The van der Waals surface area contributed by atoms with Gasteiger partial charge in [-0.25, -0.2) is 27.5 Å². The van der Waals surface area contributed by atoms with Gasteiger partial charge in [0.1, 0.15) is 5.69 Å². The number of benzene rings is 1. The predicted molar refractivity (Wildman–Crippen MR) is 117 cm³/mol. The Balaban J connectivity index is 1.54. The fraction of sp³-hybridized carbons (Fsp3) is 0.381. The first kappa shape index (κ1) is 21.4. The lowest BCUT2D eigenvalue weighted by atomic mass is 9.93. The third-order valence-electron chi connectivity index (χ3n) is 6.45. The van der Waals surface area contributed by atoms with Crippen LogP contribution < -0.4 is 4.90 Å². The van der Waals surface area contributed by atoms with E-state index in [4.69, 9.17) is 0 Å². The average Bonchev–Trinajstić information content (AvgIpc) is 3.35. The fourth-order valence-electron chi connectivity index (χ4n) is 4.28. The molecule has 0 atom stereocenters. The summed E-state index contributed by atoms with van der Waals surface area (Å²) in [6.07, 6.45) is 9.22. The summed E-state index contributed by atoms with van der Waals surface area (Å²) >= 11 is 0. The largest absolute Gasteiger partial charge is 0.370 e. The molecule has 12 heteroatoms. The zero-order chi connectivity index (χ0) is 23.4. The molecule has 1 spiro atoms. The maximum absolute atomic E-state index is 14.4. The SMILES string of the molecule is CS(=O)(=O)c1ncc(F)c(-c2cnn(-c3ccc([N+](=O)[O-])cc3N3CCC4(CC3)CC4)c2)n1. The zero-order valence-corrected chi connectivity index (χ0v) is 18.6. The topological polar surface area (TPSA) is 124 Å². The van der Waals surface area contributed by atoms with E-state index in [0.29, 0.717) is 16.8 Å². The van der Waals surface area contributed by atoms with Crippen LogP contribution >= 0.6 is 0 Å². The molecule has 10 nitrogen and oxygen atoms in total. The van der Waals surface area contributed by atoms with Gasteiger partial charge in [0.05, 0.1) is 28.7 Å². The minimum atomic E-state index is -3.72. The lowest BCUT2D eigenvalue weighted by molar-refractivity contribution is -0.384. The summed E-state index contributed by atoms with van der Waals surface area (Å²) in [6, 6.07) is 4.55. The molecule has 1 aromatic carbocycles. The van der Waals surface area contributed by atoms with Crippen molar-refractivity contribution in [1.29, 1.82) is 0 Å². The Morgan fingerprint density at radius 3 is 2.48 bits per heavy atom. The van der Waals surface area contributed by atoms with Crippen molar-refractivity contribution >= 4 is 21.2 Å². The van der Waals surface area contributed by atoms with Crippen molar-refractivity contribution in [3.63, 3.8) is 0 Å². The monoisotopic (exact) mass is 472 g/mol. The molecule has 1 aliphatic carbocycles. The maximum Gasteiger partial charge on any atom is 0.271 e. The van der Waals surface area contributed by atoms with Crippen LogP contribution in [0.15, 0.2) is 41.9 Å². The number of hydrogen-bond donors (Lipinski definition) is 0. The molecular formula is C21H21FN6O4S. The molecule has 0 unspecified atom stereocenters. The van der Waals surface area contributed by atoms with Crippen LogP contribution in [0, 0.1) is 21.3 Å². The Labute approximate surface area is 189 Å². The lowest BCUT2D eigenvalue weighted by Gasteiger charge is -2.34. The molecule has 0 bridgehead atoms. The minimum Gasteiger partial charge on any atom is -0.370 e. The van der Waals surface area contributed by atoms with Crippen LogP contribution in [0.1, 0.15) is 25.7 Å². The third-order valence-corrected chi connectivity index (χ3v) is 7.31. The van der Waals surface area contributed by atoms with Gasteiger partial charge >= 0.3 is 0 Å². The second-order valence-corrected chi connectivity index (χ2v) is 10.6. The van der Waals surface area contributed by atoms with Crippen molar-refractivity contribution in [2.45, 2.75) is 30.8 Å². The summed E-state index contributed by atoms with van der Waals surface area (Å²) in [4.78, 5) is 20.5. The normalized spacial score (nSPS) is 17.3. The number of hydrogen-bond acceptors (Lipinski definition) is 8. The lowest BCUT2D eigenvalue weighted by Crippen LogP contribution is -2.35. The van der Waals surface area contributed by atoms with Crippen LogP contribution in [-0.4, -0.2) is 52.4 Å². The van der Waals surface area contributed by atoms with E-state index < -0.39 is 25.7 Å².